The van der Waals surface area contributed by atoms with Crippen molar-refractivity contribution < 1.29 is 4.79 Å². The van der Waals surface area contributed by atoms with Crippen LogP contribution in [-0.4, -0.2) is 15.5 Å². The highest BCUT2D eigenvalue weighted by atomic mass is 16.1. The number of para-hydroxylation sites is 1. The Hall–Kier alpha value is -3.14. The molecule has 1 N–H and O–H groups in total. The smallest absolute Gasteiger partial charge is 0.246 e. The zero-order valence-electron chi connectivity index (χ0n) is 15.2. The summed E-state index contributed by atoms with van der Waals surface area (Å²) in [4.78, 5) is 16.7. The highest BCUT2D eigenvalue weighted by Gasteiger charge is 2.16. The molecule has 2 aromatic carbocycles. The Labute approximate surface area is 154 Å². The number of rotatable bonds is 6. The quantitative estimate of drug-likeness (QED) is 0.687. The van der Waals surface area contributed by atoms with Gasteiger partial charge in [-0.05, 0) is 31.5 Å². The fourth-order valence-electron chi connectivity index (χ4n) is 2.91. The van der Waals surface area contributed by atoms with E-state index in [9.17, 15) is 4.79 Å². The van der Waals surface area contributed by atoms with Gasteiger partial charge in [-0.25, -0.2) is 4.98 Å². The van der Waals surface area contributed by atoms with E-state index in [0.29, 0.717) is 12.1 Å². The molecule has 1 heterocycles. The summed E-state index contributed by atoms with van der Waals surface area (Å²) < 4.78 is 2.11. The van der Waals surface area contributed by atoms with Gasteiger partial charge in [0, 0.05) is 23.4 Å². The average molecular weight is 345 g/mol. The Kier molecular flexibility index (Phi) is 5.32. The third kappa shape index (κ3) is 3.91. The van der Waals surface area contributed by atoms with Gasteiger partial charge in [0.05, 0.1) is 12.2 Å². The van der Waals surface area contributed by atoms with E-state index in [1.807, 2.05) is 48.5 Å². The van der Waals surface area contributed by atoms with Crippen molar-refractivity contribution in [2.75, 3.05) is 0 Å². The molecule has 0 unspecified atom stereocenters. The highest BCUT2D eigenvalue weighted by molar-refractivity contribution is 5.91. The summed E-state index contributed by atoms with van der Waals surface area (Å²) in [6.45, 7) is 7.82. The van der Waals surface area contributed by atoms with Gasteiger partial charge in [-0.2, -0.15) is 0 Å². The fraction of sp³-hybridized carbons (Fsp3) is 0.182. The van der Waals surface area contributed by atoms with Crippen molar-refractivity contribution in [3.05, 3.63) is 95.6 Å². The van der Waals surface area contributed by atoms with Gasteiger partial charge < -0.3 is 5.32 Å². The molecule has 0 aliphatic heterocycles. The number of hydrogen-bond donors (Lipinski definition) is 1. The van der Waals surface area contributed by atoms with Crippen molar-refractivity contribution >= 4 is 5.91 Å². The molecule has 4 heteroatoms. The van der Waals surface area contributed by atoms with Gasteiger partial charge in [0.15, 0.2) is 0 Å². The first-order chi connectivity index (χ1) is 12.6. The maximum Gasteiger partial charge on any atom is 0.246 e. The van der Waals surface area contributed by atoms with E-state index in [1.165, 1.54) is 5.56 Å². The summed E-state index contributed by atoms with van der Waals surface area (Å²) in [5, 5.41) is 2.89. The predicted molar refractivity (Wildman–Crippen MR) is 104 cm³/mol. The van der Waals surface area contributed by atoms with E-state index in [1.54, 1.807) is 6.92 Å². The molecule has 0 spiro atoms. The highest BCUT2D eigenvalue weighted by Crippen LogP contribution is 2.20. The first-order valence-electron chi connectivity index (χ1n) is 8.66. The topological polar surface area (TPSA) is 46.9 Å². The molecule has 0 bridgehead atoms. The molecular formula is C22H23N3O. The molecule has 0 aliphatic carbocycles. The monoisotopic (exact) mass is 345 g/mol. The molecule has 0 atom stereocenters. The molecule has 1 amide bonds. The standard InChI is InChI=1S/C22H23N3O/c1-16(2)22(26)23-15-21-24-20(14-18-10-6-4-7-11-18)17(3)25(21)19-12-8-5-9-13-19/h4-13H,1,14-15H2,2-3H3,(H,23,26). The summed E-state index contributed by atoms with van der Waals surface area (Å²) in [6, 6.07) is 20.4. The summed E-state index contributed by atoms with van der Waals surface area (Å²) in [5.41, 5.74) is 4.84. The molecule has 0 saturated carbocycles. The molecule has 3 aromatic rings. The average Bonchev–Trinajstić information content (AvgIpc) is 2.96. The van der Waals surface area contributed by atoms with Crippen LogP contribution in [0.1, 0.15) is 29.7 Å². The van der Waals surface area contributed by atoms with E-state index in [4.69, 9.17) is 4.98 Å². The second-order valence-corrected chi connectivity index (χ2v) is 6.36. The molecule has 26 heavy (non-hydrogen) atoms. The van der Waals surface area contributed by atoms with Crippen LogP contribution in [0.5, 0.6) is 0 Å². The molecule has 3 rings (SSSR count). The van der Waals surface area contributed by atoms with Crippen LogP contribution in [0.2, 0.25) is 0 Å². The number of benzene rings is 2. The lowest BCUT2D eigenvalue weighted by Gasteiger charge is -2.11. The van der Waals surface area contributed by atoms with Crippen molar-refractivity contribution in [3.8, 4) is 5.69 Å². The lowest BCUT2D eigenvalue weighted by atomic mass is 10.1. The largest absolute Gasteiger partial charge is 0.345 e. The number of imidazole rings is 1. The predicted octanol–water partition coefficient (Wildman–Crippen LogP) is 3.96. The summed E-state index contributed by atoms with van der Waals surface area (Å²) in [5.74, 6) is 0.657. The Balaban J connectivity index is 1.97. The lowest BCUT2D eigenvalue weighted by molar-refractivity contribution is -0.117. The van der Waals surface area contributed by atoms with E-state index in [0.717, 1.165) is 29.3 Å². The van der Waals surface area contributed by atoms with Crippen LogP contribution in [0, 0.1) is 6.92 Å². The minimum Gasteiger partial charge on any atom is -0.345 e. The number of amides is 1. The maximum absolute atomic E-state index is 11.9. The van der Waals surface area contributed by atoms with Crippen LogP contribution in [0.15, 0.2) is 72.8 Å². The van der Waals surface area contributed by atoms with Crippen molar-refractivity contribution in [3.63, 3.8) is 0 Å². The number of carbonyl (C=O) groups excluding carboxylic acids is 1. The van der Waals surface area contributed by atoms with Crippen molar-refractivity contribution in [1.82, 2.24) is 14.9 Å². The first kappa shape index (κ1) is 17.7. The lowest BCUT2D eigenvalue weighted by Crippen LogP contribution is -2.24. The van der Waals surface area contributed by atoms with Gasteiger partial charge in [0.25, 0.3) is 0 Å². The van der Waals surface area contributed by atoms with Gasteiger partial charge in [0.2, 0.25) is 5.91 Å². The normalized spacial score (nSPS) is 10.5. The minimum atomic E-state index is -0.158. The zero-order valence-corrected chi connectivity index (χ0v) is 15.2. The SMILES string of the molecule is C=C(C)C(=O)NCc1nc(Cc2ccccc2)c(C)n1-c1ccccc1. The van der Waals surface area contributed by atoms with Crippen LogP contribution in [-0.2, 0) is 17.8 Å². The molecule has 0 radical (unpaired) electrons. The second-order valence-electron chi connectivity index (χ2n) is 6.36. The van der Waals surface area contributed by atoms with Gasteiger partial charge in [-0.3, -0.25) is 9.36 Å². The Morgan fingerprint density at radius 1 is 1.08 bits per heavy atom. The fourth-order valence-corrected chi connectivity index (χ4v) is 2.91. The Morgan fingerprint density at radius 2 is 1.69 bits per heavy atom. The molecule has 0 fully saturated rings. The number of nitrogens with zero attached hydrogens (tertiary/aromatic N) is 2. The van der Waals surface area contributed by atoms with E-state index in [-0.39, 0.29) is 5.91 Å². The summed E-state index contributed by atoms with van der Waals surface area (Å²) in [6.07, 6.45) is 0.758. The third-order valence-electron chi connectivity index (χ3n) is 4.30. The molecule has 0 aliphatic rings. The van der Waals surface area contributed by atoms with Crippen molar-refractivity contribution in [2.24, 2.45) is 0 Å². The third-order valence-corrected chi connectivity index (χ3v) is 4.30. The van der Waals surface area contributed by atoms with Crippen LogP contribution in [0.25, 0.3) is 5.69 Å². The van der Waals surface area contributed by atoms with Gasteiger partial charge in [0.1, 0.15) is 5.82 Å². The van der Waals surface area contributed by atoms with E-state index >= 15 is 0 Å². The van der Waals surface area contributed by atoms with Gasteiger partial charge >= 0.3 is 0 Å². The first-order valence-corrected chi connectivity index (χ1v) is 8.66. The number of aromatic nitrogens is 2. The Morgan fingerprint density at radius 3 is 2.31 bits per heavy atom. The van der Waals surface area contributed by atoms with Crippen LogP contribution >= 0.6 is 0 Å². The summed E-state index contributed by atoms with van der Waals surface area (Å²) >= 11 is 0. The van der Waals surface area contributed by atoms with E-state index < -0.39 is 0 Å². The van der Waals surface area contributed by atoms with Crippen LogP contribution in [0.3, 0.4) is 0 Å². The van der Waals surface area contributed by atoms with E-state index in [2.05, 4.69) is 35.5 Å². The molecule has 132 valence electrons. The number of carbonyl (C=O) groups is 1. The molecule has 1 aromatic heterocycles. The molecule has 0 saturated heterocycles. The zero-order chi connectivity index (χ0) is 18.5. The maximum atomic E-state index is 11.9. The molecule has 4 nitrogen and oxygen atoms in total. The van der Waals surface area contributed by atoms with Crippen molar-refractivity contribution in [2.45, 2.75) is 26.8 Å². The van der Waals surface area contributed by atoms with Crippen molar-refractivity contribution in [1.29, 1.82) is 0 Å². The van der Waals surface area contributed by atoms with Gasteiger partial charge in [-0.1, -0.05) is 55.1 Å². The number of hydrogen-bond acceptors (Lipinski definition) is 2. The van der Waals surface area contributed by atoms with Crippen LogP contribution < -0.4 is 5.32 Å². The second kappa shape index (κ2) is 7.83. The minimum absolute atomic E-state index is 0.158. The Bertz CT molecular complexity index is 911. The van der Waals surface area contributed by atoms with Crippen LogP contribution in [0.4, 0.5) is 0 Å². The summed E-state index contributed by atoms with van der Waals surface area (Å²) in [7, 11) is 0. The number of nitrogens with one attached hydrogen (secondary N) is 1. The molecular weight excluding hydrogens is 322 g/mol. The van der Waals surface area contributed by atoms with Gasteiger partial charge in [-0.15, -0.1) is 0 Å².